The fourth-order valence-electron chi connectivity index (χ4n) is 3.44. The van der Waals surface area contributed by atoms with Crippen LogP contribution in [0.5, 0.6) is 0 Å². The minimum Gasteiger partial charge on any atom is -0.352 e. The van der Waals surface area contributed by atoms with Crippen LogP contribution in [-0.2, 0) is 16.4 Å². The highest BCUT2D eigenvalue weighted by Gasteiger charge is 2.31. The van der Waals surface area contributed by atoms with Gasteiger partial charge in [0.15, 0.2) is 0 Å². The van der Waals surface area contributed by atoms with Crippen molar-refractivity contribution in [3.63, 3.8) is 0 Å². The third-order valence-electron chi connectivity index (χ3n) is 5.06. The molecule has 1 atom stereocenters. The Balaban J connectivity index is 1.66. The normalized spacial score (nSPS) is 18.0. The molecule has 0 aromatic heterocycles. The van der Waals surface area contributed by atoms with Crippen molar-refractivity contribution in [1.82, 2.24) is 9.62 Å². The number of carbonyl (C=O) groups excluding carboxylic acids is 1. The first-order chi connectivity index (χ1) is 13.4. The van der Waals surface area contributed by atoms with Crippen molar-refractivity contribution in [2.75, 3.05) is 13.1 Å². The van der Waals surface area contributed by atoms with E-state index < -0.39 is 10.0 Å². The van der Waals surface area contributed by atoms with Crippen LogP contribution in [0.15, 0.2) is 53.4 Å². The van der Waals surface area contributed by atoms with Gasteiger partial charge in [-0.2, -0.15) is 4.31 Å². The van der Waals surface area contributed by atoms with Gasteiger partial charge in [-0.05, 0) is 62.1 Å². The summed E-state index contributed by atoms with van der Waals surface area (Å²) in [7, 11) is -3.59. The zero-order valence-corrected chi connectivity index (χ0v) is 17.5. The second kappa shape index (κ2) is 9.07. The number of benzene rings is 2. The lowest BCUT2D eigenvalue weighted by Crippen LogP contribution is -2.42. The third kappa shape index (κ3) is 4.93. The zero-order chi connectivity index (χ0) is 20.1. The molecule has 1 aliphatic rings. The average Bonchev–Trinajstić information content (AvgIpc) is 2.69. The Hall–Kier alpha value is -1.89. The number of nitrogens with zero attached hydrogens (tertiary/aromatic N) is 1. The highest BCUT2D eigenvalue weighted by molar-refractivity contribution is 7.89. The summed E-state index contributed by atoms with van der Waals surface area (Å²) in [5, 5.41) is 3.52. The summed E-state index contributed by atoms with van der Waals surface area (Å²) < 4.78 is 27.5. The summed E-state index contributed by atoms with van der Waals surface area (Å²) in [5.41, 5.74) is 1.42. The van der Waals surface area contributed by atoms with Gasteiger partial charge < -0.3 is 5.32 Å². The summed E-state index contributed by atoms with van der Waals surface area (Å²) in [4.78, 5) is 12.6. The van der Waals surface area contributed by atoms with Gasteiger partial charge in [-0.1, -0.05) is 36.2 Å². The van der Waals surface area contributed by atoms with E-state index in [-0.39, 0.29) is 16.8 Å². The number of carbonyl (C=O) groups is 1. The number of piperidine rings is 1. The maximum Gasteiger partial charge on any atom is 0.251 e. The number of amides is 1. The lowest BCUT2D eigenvalue weighted by molar-refractivity contribution is 0.0954. The van der Waals surface area contributed by atoms with Gasteiger partial charge in [-0.3, -0.25) is 4.79 Å². The van der Waals surface area contributed by atoms with E-state index in [0.717, 1.165) is 24.8 Å². The zero-order valence-electron chi connectivity index (χ0n) is 15.9. The molecule has 150 valence electrons. The Bertz CT molecular complexity index is 929. The maximum absolute atomic E-state index is 13.0. The number of hydrogen-bond donors (Lipinski definition) is 1. The highest BCUT2D eigenvalue weighted by atomic mass is 35.5. The van der Waals surface area contributed by atoms with Crippen molar-refractivity contribution in [2.45, 2.75) is 43.5 Å². The highest BCUT2D eigenvalue weighted by Crippen LogP contribution is 2.25. The van der Waals surface area contributed by atoms with Crippen LogP contribution in [0.25, 0.3) is 0 Å². The van der Waals surface area contributed by atoms with Gasteiger partial charge >= 0.3 is 0 Å². The average molecular weight is 421 g/mol. The Morgan fingerprint density at radius 2 is 1.93 bits per heavy atom. The summed E-state index contributed by atoms with van der Waals surface area (Å²) >= 11 is 5.87. The molecule has 1 N–H and O–H groups in total. The molecule has 28 heavy (non-hydrogen) atoms. The van der Waals surface area contributed by atoms with Crippen molar-refractivity contribution in [3.05, 3.63) is 64.7 Å². The van der Waals surface area contributed by atoms with E-state index in [2.05, 4.69) is 5.32 Å². The number of halogens is 1. The van der Waals surface area contributed by atoms with E-state index in [1.54, 1.807) is 22.5 Å². The molecule has 1 saturated heterocycles. The van der Waals surface area contributed by atoms with Crippen LogP contribution in [0.2, 0.25) is 5.02 Å². The number of rotatable bonds is 6. The maximum atomic E-state index is 13.0. The Kier molecular flexibility index (Phi) is 6.75. The molecule has 1 fully saturated rings. The predicted octanol–water partition coefficient (Wildman–Crippen LogP) is 3.88. The number of hydrogen-bond acceptors (Lipinski definition) is 3. The van der Waals surface area contributed by atoms with Gasteiger partial charge in [-0.15, -0.1) is 0 Å². The van der Waals surface area contributed by atoms with Gasteiger partial charge in [0.05, 0.1) is 4.90 Å². The molecular formula is C21H25ClN2O3S. The van der Waals surface area contributed by atoms with Crippen LogP contribution in [0.1, 0.15) is 42.1 Å². The van der Waals surface area contributed by atoms with Crippen LogP contribution < -0.4 is 5.32 Å². The van der Waals surface area contributed by atoms with E-state index >= 15 is 0 Å². The monoisotopic (exact) mass is 420 g/mol. The molecule has 7 heteroatoms. The van der Waals surface area contributed by atoms with Crippen molar-refractivity contribution >= 4 is 27.5 Å². The Morgan fingerprint density at radius 1 is 1.18 bits per heavy atom. The molecule has 0 aliphatic carbocycles. The minimum atomic E-state index is -3.59. The Morgan fingerprint density at radius 3 is 2.64 bits per heavy atom. The van der Waals surface area contributed by atoms with E-state index in [9.17, 15) is 13.2 Å². The predicted molar refractivity (Wildman–Crippen MR) is 111 cm³/mol. The first-order valence-electron chi connectivity index (χ1n) is 9.52. The first kappa shape index (κ1) is 20.8. The van der Waals surface area contributed by atoms with Gasteiger partial charge in [0, 0.05) is 29.7 Å². The van der Waals surface area contributed by atoms with Crippen molar-refractivity contribution in [1.29, 1.82) is 0 Å². The van der Waals surface area contributed by atoms with E-state index in [1.165, 1.54) is 6.07 Å². The molecule has 1 heterocycles. The van der Waals surface area contributed by atoms with Gasteiger partial charge in [-0.25, -0.2) is 8.42 Å². The van der Waals surface area contributed by atoms with E-state index in [0.29, 0.717) is 30.1 Å². The van der Waals surface area contributed by atoms with Crippen LogP contribution in [-0.4, -0.2) is 37.8 Å². The summed E-state index contributed by atoms with van der Waals surface area (Å²) in [6, 6.07) is 13.7. The third-order valence-corrected chi connectivity index (χ3v) is 7.32. The standard InChI is InChI=1S/C21H25ClN2O3S/c1-16-5-2-3-14-24(16)28(26,27)20-7-4-6-18(15-20)21(25)23-13-12-17-8-10-19(22)11-9-17/h4,6-11,15-16H,2-3,5,12-14H2,1H3,(H,23,25)/t16-/m1/s1. The van der Waals surface area contributed by atoms with Crippen molar-refractivity contribution in [2.24, 2.45) is 0 Å². The first-order valence-corrected chi connectivity index (χ1v) is 11.3. The van der Waals surface area contributed by atoms with E-state index in [4.69, 9.17) is 11.6 Å². The lowest BCUT2D eigenvalue weighted by Gasteiger charge is -2.32. The van der Waals surface area contributed by atoms with Gasteiger partial charge in [0.2, 0.25) is 10.0 Å². The van der Waals surface area contributed by atoms with Crippen molar-refractivity contribution < 1.29 is 13.2 Å². The minimum absolute atomic E-state index is 0.0180. The second-order valence-corrected chi connectivity index (χ2v) is 9.45. The molecule has 0 spiro atoms. The van der Waals surface area contributed by atoms with Crippen LogP contribution in [0.3, 0.4) is 0 Å². The van der Waals surface area contributed by atoms with Crippen molar-refractivity contribution in [3.8, 4) is 0 Å². The van der Waals surface area contributed by atoms with Gasteiger partial charge in [0.25, 0.3) is 5.91 Å². The molecule has 5 nitrogen and oxygen atoms in total. The van der Waals surface area contributed by atoms with Crippen LogP contribution >= 0.6 is 11.6 Å². The molecule has 0 saturated carbocycles. The Labute approximate surface area is 171 Å². The molecule has 0 unspecified atom stereocenters. The summed E-state index contributed by atoms with van der Waals surface area (Å²) in [5.74, 6) is -0.280. The number of sulfonamides is 1. The summed E-state index contributed by atoms with van der Waals surface area (Å²) in [6.45, 7) is 2.92. The number of nitrogens with one attached hydrogen (secondary N) is 1. The summed E-state index contributed by atoms with van der Waals surface area (Å²) in [6.07, 6.45) is 3.45. The second-order valence-electron chi connectivity index (χ2n) is 7.12. The topological polar surface area (TPSA) is 66.5 Å². The van der Waals surface area contributed by atoms with Crippen LogP contribution in [0.4, 0.5) is 0 Å². The molecule has 2 aromatic rings. The largest absolute Gasteiger partial charge is 0.352 e. The fourth-order valence-corrected chi connectivity index (χ4v) is 5.31. The SMILES string of the molecule is C[C@@H]1CCCCN1S(=O)(=O)c1cccc(C(=O)NCCc2ccc(Cl)cc2)c1. The fraction of sp³-hybridized carbons (Fsp3) is 0.381. The quantitative estimate of drug-likeness (QED) is 0.771. The van der Waals surface area contributed by atoms with E-state index in [1.807, 2.05) is 31.2 Å². The molecule has 1 aliphatic heterocycles. The van der Waals surface area contributed by atoms with Gasteiger partial charge in [0.1, 0.15) is 0 Å². The molecule has 0 radical (unpaired) electrons. The molecule has 1 amide bonds. The van der Waals surface area contributed by atoms with Crippen LogP contribution in [0, 0.1) is 0 Å². The molecule has 2 aromatic carbocycles. The molecular weight excluding hydrogens is 396 g/mol. The lowest BCUT2D eigenvalue weighted by atomic mass is 10.1. The molecule has 3 rings (SSSR count). The molecule has 0 bridgehead atoms. The smallest absolute Gasteiger partial charge is 0.251 e.